The van der Waals surface area contributed by atoms with Crippen LogP contribution in [0.1, 0.15) is 36.0 Å². The molecular formula is C25H32N4O2. The molecule has 0 radical (unpaired) electrons. The quantitative estimate of drug-likeness (QED) is 0.826. The van der Waals surface area contributed by atoms with Crippen LogP contribution in [0.2, 0.25) is 0 Å². The van der Waals surface area contributed by atoms with E-state index >= 15 is 0 Å². The first-order valence-electron chi connectivity index (χ1n) is 11.6. The van der Waals surface area contributed by atoms with E-state index in [4.69, 9.17) is 0 Å². The second-order valence-corrected chi connectivity index (χ2v) is 9.39. The summed E-state index contributed by atoms with van der Waals surface area (Å²) in [5.41, 5.74) is 1.26. The molecule has 5 rings (SSSR count). The lowest BCUT2D eigenvalue weighted by Crippen LogP contribution is -2.55. The Kier molecular flexibility index (Phi) is 5.67. The molecule has 164 valence electrons. The molecule has 1 aliphatic carbocycles. The zero-order chi connectivity index (χ0) is 21.4. The summed E-state index contributed by atoms with van der Waals surface area (Å²) >= 11 is 0. The Balaban J connectivity index is 1.33. The molecule has 2 amide bonds. The average Bonchev–Trinajstić information content (AvgIpc) is 3.64. The summed E-state index contributed by atoms with van der Waals surface area (Å²) in [6.07, 6.45) is 4.39. The third-order valence-electron chi connectivity index (χ3n) is 7.04. The van der Waals surface area contributed by atoms with Crippen LogP contribution < -0.4 is 5.32 Å². The SMILES string of the molecule is CN1CCCC(N2CCN(C(=O)c3cc4ccccc4cc3NC(=O)C3CC3)CC2)C1. The summed E-state index contributed by atoms with van der Waals surface area (Å²) < 4.78 is 0. The first-order chi connectivity index (χ1) is 15.1. The van der Waals surface area contributed by atoms with Gasteiger partial charge in [-0.15, -0.1) is 0 Å². The summed E-state index contributed by atoms with van der Waals surface area (Å²) in [5.74, 6) is 0.166. The van der Waals surface area contributed by atoms with Crippen molar-refractivity contribution in [2.45, 2.75) is 31.7 Å². The van der Waals surface area contributed by atoms with Crippen LogP contribution >= 0.6 is 0 Å². The van der Waals surface area contributed by atoms with E-state index in [1.54, 1.807) is 0 Å². The maximum atomic E-state index is 13.5. The Morgan fingerprint density at radius 3 is 2.32 bits per heavy atom. The fraction of sp³-hybridized carbons (Fsp3) is 0.520. The maximum absolute atomic E-state index is 13.5. The number of carbonyl (C=O) groups is 2. The lowest BCUT2D eigenvalue weighted by molar-refractivity contribution is -0.117. The van der Waals surface area contributed by atoms with Crippen molar-refractivity contribution in [1.82, 2.24) is 14.7 Å². The zero-order valence-electron chi connectivity index (χ0n) is 18.3. The van der Waals surface area contributed by atoms with Gasteiger partial charge in [0.05, 0.1) is 11.3 Å². The van der Waals surface area contributed by atoms with Crippen LogP contribution in [0.25, 0.3) is 10.8 Å². The van der Waals surface area contributed by atoms with Gasteiger partial charge in [0.25, 0.3) is 5.91 Å². The largest absolute Gasteiger partial charge is 0.336 e. The molecule has 0 aromatic heterocycles. The number of hydrogen-bond acceptors (Lipinski definition) is 4. The predicted molar refractivity (Wildman–Crippen MR) is 123 cm³/mol. The molecule has 0 bridgehead atoms. The maximum Gasteiger partial charge on any atom is 0.256 e. The highest BCUT2D eigenvalue weighted by Gasteiger charge is 2.32. The molecule has 1 unspecified atom stereocenters. The average molecular weight is 421 g/mol. The molecule has 6 nitrogen and oxygen atoms in total. The molecular weight excluding hydrogens is 388 g/mol. The van der Waals surface area contributed by atoms with Gasteiger partial charge in [-0.2, -0.15) is 0 Å². The fourth-order valence-electron chi connectivity index (χ4n) is 5.00. The van der Waals surface area contributed by atoms with E-state index in [1.807, 2.05) is 41.3 Å². The van der Waals surface area contributed by atoms with Crippen molar-refractivity contribution in [3.05, 3.63) is 42.0 Å². The van der Waals surface area contributed by atoms with Crippen molar-refractivity contribution < 1.29 is 9.59 Å². The lowest BCUT2D eigenvalue weighted by Gasteiger charge is -2.42. The van der Waals surface area contributed by atoms with Crippen LogP contribution in [0.3, 0.4) is 0 Å². The van der Waals surface area contributed by atoms with Gasteiger partial charge < -0.3 is 15.1 Å². The van der Waals surface area contributed by atoms with E-state index in [0.29, 0.717) is 17.3 Å². The highest BCUT2D eigenvalue weighted by molar-refractivity contribution is 6.08. The minimum absolute atomic E-state index is 0.0252. The Bertz CT molecular complexity index is 979. The molecule has 2 saturated heterocycles. The summed E-state index contributed by atoms with van der Waals surface area (Å²) in [7, 11) is 2.20. The molecule has 2 aromatic carbocycles. The summed E-state index contributed by atoms with van der Waals surface area (Å²) in [6, 6.07) is 12.5. The van der Waals surface area contributed by atoms with Gasteiger partial charge in [-0.3, -0.25) is 14.5 Å². The van der Waals surface area contributed by atoms with Crippen molar-refractivity contribution in [2.24, 2.45) is 5.92 Å². The summed E-state index contributed by atoms with van der Waals surface area (Å²) in [6.45, 7) is 5.62. The van der Waals surface area contributed by atoms with E-state index in [-0.39, 0.29) is 17.7 Å². The Labute approximate surface area is 184 Å². The van der Waals surface area contributed by atoms with Crippen molar-refractivity contribution >= 4 is 28.3 Å². The normalized spacial score (nSPS) is 23.1. The molecule has 3 aliphatic rings. The number of hydrogen-bond donors (Lipinski definition) is 1. The highest BCUT2D eigenvalue weighted by Crippen LogP contribution is 2.32. The van der Waals surface area contributed by atoms with Gasteiger partial charge >= 0.3 is 0 Å². The number of amides is 2. The van der Waals surface area contributed by atoms with Gasteiger partial charge in [-0.05, 0) is 62.2 Å². The van der Waals surface area contributed by atoms with Gasteiger partial charge in [0.2, 0.25) is 5.91 Å². The molecule has 2 heterocycles. The van der Waals surface area contributed by atoms with Crippen molar-refractivity contribution in [1.29, 1.82) is 0 Å². The van der Waals surface area contributed by atoms with Crippen LogP contribution in [0, 0.1) is 5.92 Å². The zero-order valence-corrected chi connectivity index (χ0v) is 18.3. The van der Waals surface area contributed by atoms with Crippen molar-refractivity contribution in [3.63, 3.8) is 0 Å². The third kappa shape index (κ3) is 4.46. The fourth-order valence-corrected chi connectivity index (χ4v) is 5.00. The number of rotatable bonds is 4. The van der Waals surface area contributed by atoms with E-state index in [2.05, 4.69) is 22.2 Å². The van der Waals surface area contributed by atoms with Crippen LogP contribution in [-0.4, -0.2) is 78.9 Å². The van der Waals surface area contributed by atoms with E-state index in [9.17, 15) is 9.59 Å². The predicted octanol–water partition coefficient (Wildman–Crippen LogP) is 3.04. The molecule has 2 aromatic rings. The first-order valence-corrected chi connectivity index (χ1v) is 11.6. The minimum Gasteiger partial charge on any atom is -0.336 e. The minimum atomic E-state index is 0.0252. The van der Waals surface area contributed by atoms with Gasteiger partial charge in [0, 0.05) is 44.7 Å². The lowest BCUT2D eigenvalue weighted by atomic mass is 10.0. The summed E-state index contributed by atoms with van der Waals surface area (Å²) in [5, 5.41) is 5.11. The molecule has 2 aliphatic heterocycles. The van der Waals surface area contributed by atoms with Crippen molar-refractivity contribution in [2.75, 3.05) is 51.6 Å². The molecule has 6 heteroatoms. The molecule has 31 heavy (non-hydrogen) atoms. The van der Waals surface area contributed by atoms with E-state index in [0.717, 1.165) is 56.3 Å². The standard InChI is InChI=1S/C25H32N4O2/c1-27-10-4-7-21(17-27)28-11-13-29(14-12-28)25(31)22-15-19-5-2-3-6-20(19)16-23(22)26-24(30)18-8-9-18/h2-3,5-6,15-16,18,21H,4,7-14,17H2,1H3,(H,26,30). The Morgan fingerprint density at radius 1 is 0.935 bits per heavy atom. The number of piperidine rings is 1. The number of likely N-dealkylation sites (N-methyl/N-ethyl adjacent to an activating group) is 1. The van der Waals surface area contributed by atoms with Crippen molar-refractivity contribution in [3.8, 4) is 0 Å². The van der Waals surface area contributed by atoms with Crippen LogP contribution in [0.5, 0.6) is 0 Å². The van der Waals surface area contributed by atoms with Gasteiger partial charge in [0.1, 0.15) is 0 Å². The molecule has 0 spiro atoms. The number of nitrogens with zero attached hydrogens (tertiary/aromatic N) is 3. The number of benzene rings is 2. The van der Waals surface area contributed by atoms with E-state index in [1.165, 1.54) is 19.4 Å². The summed E-state index contributed by atoms with van der Waals surface area (Å²) in [4.78, 5) is 32.9. The second-order valence-electron chi connectivity index (χ2n) is 9.39. The van der Waals surface area contributed by atoms with Gasteiger partial charge in [-0.1, -0.05) is 24.3 Å². The number of anilines is 1. The number of piperazine rings is 1. The van der Waals surface area contributed by atoms with Gasteiger partial charge in [-0.25, -0.2) is 0 Å². The van der Waals surface area contributed by atoms with Gasteiger partial charge in [0.15, 0.2) is 0 Å². The van der Waals surface area contributed by atoms with Crippen LogP contribution in [0.4, 0.5) is 5.69 Å². The highest BCUT2D eigenvalue weighted by atomic mass is 16.2. The molecule has 1 atom stereocenters. The number of likely N-dealkylation sites (tertiary alicyclic amines) is 1. The monoisotopic (exact) mass is 420 g/mol. The third-order valence-corrected chi connectivity index (χ3v) is 7.04. The first kappa shape index (κ1) is 20.5. The number of fused-ring (bicyclic) bond motifs is 1. The number of carbonyl (C=O) groups excluding carboxylic acids is 2. The van der Waals surface area contributed by atoms with Crippen LogP contribution in [-0.2, 0) is 4.79 Å². The Morgan fingerprint density at radius 2 is 1.65 bits per heavy atom. The topological polar surface area (TPSA) is 55.9 Å². The van der Waals surface area contributed by atoms with E-state index < -0.39 is 0 Å². The smallest absolute Gasteiger partial charge is 0.256 e. The second kappa shape index (κ2) is 8.60. The number of nitrogens with one attached hydrogen (secondary N) is 1. The molecule has 1 saturated carbocycles. The van der Waals surface area contributed by atoms with Crippen LogP contribution in [0.15, 0.2) is 36.4 Å². The molecule has 1 N–H and O–H groups in total. The molecule has 3 fully saturated rings. The Hall–Kier alpha value is -2.44.